The van der Waals surface area contributed by atoms with E-state index in [0.29, 0.717) is 5.92 Å². The van der Waals surface area contributed by atoms with Crippen LogP contribution < -0.4 is 0 Å². The van der Waals surface area contributed by atoms with Crippen molar-refractivity contribution in [1.82, 2.24) is 4.98 Å². The van der Waals surface area contributed by atoms with Gasteiger partial charge in [0.2, 0.25) is 0 Å². The van der Waals surface area contributed by atoms with Crippen molar-refractivity contribution in [3.8, 4) is 0 Å². The van der Waals surface area contributed by atoms with Crippen molar-refractivity contribution in [1.29, 1.82) is 0 Å². The number of furan rings is 1. The lowest BCUT2D eigenvalue weighted by Gasteiger charge is -2.03. The van der Waals surface area contributed by atoms with Gasteiger partial charge in [0.25, 0.3) is 0 Å². The van der Waals surface area contributed by atoms with Gasteiger partial charge in [0, 0.05) is 23.3 Å². The molecule has 2 aromatic heterocycles. The number of nitrogens with zero attached hydrogens (tertiary/aromatic N) is 1. The quantitative estimate of drug-likeness (QED) is 0.664. The third kappa shape index (κ3) is 1.32. The molecule has 2 rings (SSSR count). The van der Waals surface area contributed by atoms with E-state index in [1.807, 2.05) is 25.4 Å². The molecule has 2 nitrogen and oxygen atoms in total. The molecule has 68 valence electrons. The predicted octanol–water partition coefficient (Wildman–Crippen LogP) is 3.26. The fraction of sp³-hybridized carbons (Fsp3) is 0.364. The predicted molar refractivity (Wildman–Crippen MR) is 52.8 cm³/mol. The van der Waals surface area contributed by atoms with Crippen LogP contribution in [-0.2, 0) is 0 Å². The molecule has 0 aliphatic rings. The lowest BCUT2D eigenvalue weighted by atomic mass is 10.0. The molecule has 0 spiro atoms. The second kappa shape index (κ2) is 2.87. The van der Waals surface area contributed by atoms with Crippen molar-refractivity contribution >= 4 is 11.0 Å². The maximum absolute atomic E-state index is 5.62. The summed E-state index contributed by atoms with van der Waals surface area (Å²) in [5, 5.41) is 1.10. The number of pyridine rings is 1. The summed E-state index contributed by atoms with van der Waals surface area (Å²) in [5.74, 6) is 1.41. The Balaban J connectivity index is 2.75. The maximum atomic E-state index is 5.62. The Labute approximate surface area is 77.6 Å². The van der Waals surface area contributed by atoms with Crippen LogP contribution in [-0.4, -0.2) is 4.98 Å². The number of hydrogen-bond donors (Lipinski definition) is 0. The molecule has 2 heterocycles. The number of fused-ring (bicyclic) bond motifs is 1. The van der Waals surface area contributed by atoms with Gasteiger partial charge in [-0.15, -0.1) is 0 Å². The highest BCUT2D eigenvalue weighted by Gasteiger charge is 2.09. The highest BCUT2D eigenvalue weighted by atomic mass is 16.3. The molecule has 0 saturated heterocycles. The van der Waals surface area contributed by atoms with Crippen LogP contribution in [0.1, 0.15) is 31.1 Å². The summed E-state index contributed by atoms with van der Waals surface area (Å²) in [4.78, 5) is 4.19. The van der Waals surface area contributed by atoms with E-state index in [4.69, 9.17) is 4.42 Å². The molecule has 2 aromatic rings. The van der Waals surface area contributed by atoms with Gasteiger partial charge in [-0.25, -0.2) is 0 Å². The van der Waals surface area contributed by atoms with Crippen LogP contribution in [0.15, 0.2) is 22.9 Å². The third-order valence-electron chi connectivity index (χ3n) is 2.20. The van der Waals surface area contributed by atoms with Crippen molar-refractivity contribution in [2.24, 2.45) is 0 Å². The van der Waals surface area contributed by atoms with Gasteiger partial charge < -0.3 is 4.42 Å². The molecule has 0 saturated carbocycles. The molecule has 0 aliphatic heterocycles. The topological polar surface area (TPSA) is 26.0 Å². The molecule has 0 N–H and O–H groups in total. The zero-order chi connectivity index (χ0) is 9.42. The molecular weight excluding hydrogens is 162 g/mol. The van der Waals surface area contributed by atoms with Gasteiger partial charge >= 0.3 is 0 Å². The van der Waals surface area contributed by atoms with E-state index >= 15 is 0 Å². The summed E-state index contributed by atoms with van der Waals surface area (Å²) in [6.07, 6.45) is 3.73. The van der Waals surface area contributed by atoms with Crippen LogP contribution >= 0.6 is 0 Å². The monoisotopic (exact) mass is 175 g/mol. The largest absolute Gasteiger partial charge is 0.461 e. The molecule has 2 heteroatoms. The van der Waals surface area contributed by atoms with E-state index in [2.05, 4.69) is 18.8 Å². The number of aryl methyl sites for hydroxylation is 1. The van der Waals surface area contributed by atoms with Crippen LogP contribution in [0.4, 0.5) is 0 Å². The van der Waals surface area contributed by atoms with E-state index in [-0.39, 0.29) is 0 Å². The third-order valence-corrected chi connectivity index (χ3v) is 2.20. The second-order valence-corrected chi connectivity index (χ2v) is 3.66. The first kappa shape index (κ1) is 8.30. The first-order valence-electron chi connectivity index (χ1n) is 4.52. The van der Waals surface area contributed by atoms with Crippen LogP contribution in [0.5, 0.6) is 0 Å². The Kier molecular flexibility index (Phi) is 1.83. The molecule has 0 radical (unpaired) electrons. The zero-order valence-electron chi connectivity index (χ0n) is 8.16. The van der Waals surface area contributed by atoms with Crippen LogP contribution in [0.25, 0.3) is 11.0 Å². The number of rotatable bonds is 1. The van der Waals surface area contributed by atoms with Gasteiger partial charge in [0.15, 0.2) is 0 Å². The first-order valence-corrected chi connectivity index (χ1v) is 4.52. The smallest absolute Gasteiger partial charge is 0.140 e. The Morgan fingerprint density at radius 1 is 1.31 bits per heavy atom. The van der Waals surface area contributed by atoms with E-state index < -0.39 is 0 Å². The Hall–Kier alpha value is -1.31. The van der Waals surface area contributed by atoms with Crippen molar-refractivity contribution < 1.29 is 4.42 Å². The Bertz CT molecular complexity index is 429. The number of hydrogen-bond acceptors (Lipinski definition) is 2. The van der Waals surface area contributed by atoms with E-state index in [1.165, 1.54) is 5.56 Å². The summed E-state index contributed by atoms with van der Waals surface area (Å²) in [6, 6.07) is 2.02. The minimum absolute atomic E-state index is 0.460. The van der Waals surface area contributed by atoms with Crippen molar-refractivity contribution in [2.75, 3.05) is 0 Å². The van der Waals surface area contributed by atoms with Crippen LogP contribution in [0.2, 0.25) is 0 Å². The Morgan fingerprint density at radius 3 is 2.77 bits per heavy atom. The van der Waals surface area contributed by atoms with Gasteiger partial charge in [-0.2, -0.15) is 0 Å². The number of aromatic nitrogens is 1. The highest BCUT2D eigenvalue weighted by molar-refractivity contribution is 5.80. The minimum Gasteiger partial charge on any atom is -0.461 e. The summed E-state index contributed by atoms with van der Waals surface area (Å²) < 4.78 is 5.62. The van der Waals surface area contributed by atoms with Crippen molar-refractivity contribution in [2.45, 2.75) is 26.7 Å². The highest BCUT2D eigenvalue weighted by Crippen LogP contribution is 2.26. The molecule has 0 atom stereocenters. The van der Waals surface area contributed by atoms with E-state index in [0.717, 1.165) is 16.7 Å². The second-order valence-electron chi connectivity index (χ2n) is 3.66. The molecule has 0 amide bonds. The summed E-state index contributed by atoms with van der Waals surface area (Å²) in [6.45, 7) is 6.26. The molecule has 0 aromatic carbocycles. The van der Waals surface area contributed by atoms with Crippen LogP contribution in [0, 0.1) is 6.92 Å². The van der Waals surface area contributed by atoms with E-state index in [9.17, 15) is 0 Å². The van der Waals surface area contributed by atoms with Gasteiger partial charge in [-0.3, -0.25) is 4.98 Å². The van der Waals surface area contributed by atoms with E-state index in [1.54, 1.807) is 0 Å². The summed E-state index contributed by atoms with van der Waals surface area (Å²) in [7, 11) is 0. The lowest BCUT2D eigenvalue weighted by molar-refractivity contribution is 0.571. The molecule has 0 unspecified atom stereocenters. The maximum Gasteiger partial charge on any atom is 0.140 e. The van der Waals surface area contributed by atoms with Gasteiger partial charge in [-0.1, -0.05) is 13.8 Å². The van der Waals surface area contributed by atoms with Crippen molar-refractivity contribution in [3.05, 3.63) is 29.8 Å². The van der Waals surface area contributed by atoms with Gasteiger partial charge in [-0.05, 0) is 18.9 Å². The molecule has 0 fully saturated rings. The molecule has 0 bridgehead atoms. The zero-order valence-corrected chi connectivity index (χ0v) is 8.16. The summed E-state index contributed by atoms with van der Waals surface area (Å²) in [5.41, 5.74) is 2.17. The molecular formula is C11H13NO. The molecule has 13 heavy (non-hydrogen) atoms. The fourth-order valence-electron chi connectivity index (χ4n) is 1.52. The van der Waals surface area contributed by atoms with Gasteiger partial charge in [0.05, 0.1) is 0 Å². The SMILES string of the molecule is Cc1cc2cncc(C(C)C)c2o1. The van der Waals surface area contributed by atoms with Crippen molar-refractivity contribution in [3.63, 3.8) is 0 Å². The van der Waals surface area contributed by atoms with Crippen LogP contribution in [0.3, 0.4) is 0 Å². The standard InChI is InChI=1S/C11H13NO/c1-7(2)10-6-12-5-9-4-8(3)13-11(9)10/h4-7H,1-3H3. The first-order chi connectivity index (χ1) is 6.18. The fourth-order valence-corrected chi connectivity index (χ4v) is 1.52. The van der Waals surface area contributed by atoms with Gasteiger partial charge in [0.1, 0.15) is 11.3 Å². The normalized spacial score (nSPS) is 11.4. The summed E-state index contributed by atoms with van der Waals surface area (Å²) >= 11 is 0. The lowest BCUT2D eigenvalue weighted by Crippen LogP contribution is -1.88. The average Bonchev–Trinajstić information content (AvgIpc) is 2.43. The molecule has 0 aliphatic carbocycles. The average molecular weight is 175 g/mol. The minimum atomic E-state index is 0.460. The Morgan fingerprint density at radius 2 is 2.08 bits per heavy atom.